The van der Waals surface area contributed by atoms with Crippen molar-refractivity contribution >= 4 is 23.9 Å². The number of furan rings is 1. The van der Waals surface area contributed by atoms with E-state index < -0.39 is 17.8 Å². The number of nitrogens with zero attached hydrogens (tertiary/aromatic N) is 1. The van der Waals surface area contributed by atoms with Gasteiger partial charge in [-0.2, -0.15) is 0 Å². The van der Waals surface area contributed by atoms with Crippen molar-refractivity contribution in [1.29, 1.82) is 0 Å². The number of urea groups is 1. The topological polar surface area (TPSA) is 79.6 Å². The Kier molecular flexibility index (Phi) is 4.71. The van der Waals surface area contributed by atoms with Gasteiger partial charge in [-0.15, -0.1) is 0 Å². The van der Waals surface area contributed by atoms with Crippen molar-refractivity contribution in [3.63, 3.8) is 0 Å². The molecule has 4 amide bonds. The molecule has 0 bridgehead atoms. The molecule has 0 aliphatic carbocycles. The summed E-state index contributed by atoms with van der Waals surface area (Å²) in [6.07, 6.45) is 7.62. The largest absolute Gasteiger partial charge is 0.465 e. The zero-order chi connectivity index (χ0) is 15.2. The molecular formula is C15H16N2O4. The molecular weight excluding hydrogens is 272 g/mol. The van der Waals surface area contributed by atoms with Crippen LogP contribution in [-0.4, -0.2) is 29.3 Å². The number of carbonyl (C=O) groups is 3. The van der Waals surface area contributed by atoms with Crippen LogP contribution in [0.5, 0.6) is 0 Å². The average molecular weight is 288 g/mol. The molecule has 0 radical (unpaired) electrons. The van der Waals surface area contributed by atoms with Crippen LogP contribution in [0.1, 0.15) is 25.5 Å². The maximum absolute atomic E-state index is 12.2. The fourth-order valence-electron chi connectivity index (χ4n) is 1.86. The molecule has 21 heavy (non-hydrogen) atoms. The molecule has 110 valence electrons. The molecule has 1 aromatic rings. The van der Waals surface area contributed by atoms with Crippen molar-refractivity contribution in [2.45, 2.75) is 19.8 Å². The number of imide groups is 2. The van der Waals surface area contributed by atoms with Gasteiger partial charge < -0.3 is 4.42 Å². The van der Waals surface area contributed by atoms with Crippen molar-refractivity contribution in [3.05, 3.63) is 41.9 Å². The quantitative estimate of drug-likeness (QED) is 0.664. The molecule has 0 spiro atoms. The van der Waals surface area contributed by atoms with Gasteiger partial charge in [0.15, 0.2) is 0 Å². The molecule has 2 rings (SSSR count). The highest BCUT2D eigenvalue weighted by Gasteiger charge is 2.34. The number of hydrogen-bond donors (Lipinski definition) is 1. The molecule has 1 aliphatic heterocycles. The van der Waals surface area contributed by atoms with E-state index in [4.69, 9.17) is 4.42 Å². The van der Waals surface area contributed by atoms with Crippen LogP contribution in [0.2, 0.25) is 0 Å². The van der Waals surface area contributed by atoms with Gasteiger partial charge in [0.2, 0.25) is 0 Å². The Labute approximate surface area is 122 Å². The van der Waals surface area contributed by atoms with E-state index in [-0.39, 0.29) is 5.57 Å². The van der Waals surface area contributed by atoms with Crippen molar-refractivity contribution in [3.8, 4) is 0 Å². The predicted octanol–water partition coefficient (Wildman–Crippen LogP) is 2.10. The van der Waals surface area contributed by atoms with Gasteiger partial charge in [-0.3, -0.25) is 19.8 Å². The molecule has 6 heteroatoms. The minimum absolute atomic E-state index is 0.0616. The van der Waals surface area contributed by atoms with E-state index >= 15 is 0 Å². The number of nitrogens with one attached hydrogen (secondary N) is 1. The van der Waals surface area contributed by atoms with Gasteiger partial charge in [0.1, 0.15) is 11.3 Å². The first kappa shape index (κ1) is 14.8. The van der Waals surface area contributed by atoms with Gasteiger partial charge >= 0.3 is 6.03 Å². The Morgan fingerprint density at radius 2 is 2.14 bits per heavy atom. The first-order chi connectivity index (χ1) is 10.1. The lowest BCUT2D eigenvalue weighted by Crippen LogP contribution is -2.54. The van der Waals surface area contributed by atoms with Gasteiger partial charge in [0.25, 0.3) is 11.8 Å². The van der Waals surface area contributed by atoms with Crippen LogP contribution in [-0.2, 0) is 9.59 Å². The molecule has 0 aromatic carbocycles. The Hall–Kier alpha value is -2.63. The SMILES string of the molecule is CCCCN1C(=O)NC(=O)/C(=C\C=C\c2ccco2)C1=O. The number of unbranched alkanes of at least 4 members (excludes halogenated alkanes) is 1. The first-order valence-electron chi connectivity index (χ1n) is 6.72. The number of barbiturate groups is 1. The zero-order valence-electron chi connectivity index (χ0n) is 11.7. The van der Waals surface area contributed by atoms with Crippen molar-refractivity contribution in [2.75, 3.05) is 6.54 Å². The van der Waals surface area contributed by atoms with Crippen molar-refractivity contribution < 1.29 is 18.8 Å². The molecule has 6 nitrogen and oxygen atoms in total. The highest BCUT2D eigenvalue weighted by molar-refractivity contribution is 6.28. The minimum atomic E-state index is -0.679. The summed E-state index contributed by atoms with van der Waals surface area (Å²) >= 11 is 0. The molecule has 1 fully saturated rings. The molecule has 1 saturated heterocycles. The second-order valence-corrected chi connectivity index (χ2v) is 4.52. The molecule has 1 aromatic heterocycles. The summed E-state index contributed by atoms with van der Waals surface area (Å²) in [7, 11) is 0. The van der Waals surface area contributed by atoms with E-state index in [1.807, 2.05) is 6.92 Å². The van der Waals surface area contributed by atoms with Gasteiger partial charge in [-0.25, -0.2) is 4.79 Å². The Morgan fingerprint density at radius 1 is 1.33 bits per heavy atom. The van der Waals surface area contributed by atoms with E-state index in [9.17, 15) is 14.4 Å². The predicted molar refractivity (Wildman–Crippen MR) is 76.0 cm³/mol. The second kappa shape index (κ2) is 6.69. The summed E-state index contributed by atoms with van der Waals surface area (Å²) in [5, 5.41) is 2.16. The summed E-state index contributed by atoms with van der Waals surface area (Å²) in [6.45, 7) is 2.26. The third kappa shape index (κ3) is 3.47. The number of carbonyl (C=O) groups excluding carboxylic acids is 3. The summed E-state index contributed by atoms with van der Waals surface area (Å²) in [5.74, 6) is -0.641. The Morgan fingerprint density at radius 3 is 2.81 bits per heavy atom. The monoisotopic (exact) mass is 288 g/mol. The van der Waals surface area contributed by atoms with Crippen LogP contribution < -0.4 is 5.32 Å². The molecule has 1 N–H and O–H groups in total. The second-order valence-electron chi connectivity index (χ2n) is 4.52. The van der Waals surface area contributed by atoms with Crippen molar-refractivity contribution in [2.24, 2.45) is 0 Å². The first-order valence-corrected chi connectivity index (χ1v) is 6.72. The van der Waals surface area contributed by atoms with Gasteiger partial charge in [-0.05, 0) is 30.7 Å². The van der Waals surface area contributed by atoms with E-state index in [1.54, 1.807) is 24.3 Å². The number of allylic oxidation sites excluding steroid dienone is 2. The summed E-state index contributed by atoms with van der Waals surface area (Å²) in [4.78, 5) is 36.6. The third-order valence-corrected chi connectivity index (χ3v) is 2.99. The lowest BCUT2D eigenvalue weighted by atomic mass is 10.1. The van der Waals surface area contributed by atoms with Crippen molar-refractivity contribution in [1.82, 2.24) is 10.2 Å². The van der Waals surface area contributed by atoms with E-state index in [0.717, 1.165) is 11.3 Å². The fraction of sp³-hybridized carbons (Fsp3) is 0.267. The Balaban J connectivity index is 2.15. The van der Waals surface area contributed by atoms with Crippen LogP contribution in [0.15, 0.2) is 40.5 Å². The standard InChI is InChI=1S/C15H16N2O4/c1-2-3-9-17-14(19)12(13(18)16-15(17)20)8-4-6-11-7-5-10-21-11/h4-8,10H,2-3,9H2,1H3,(H,16,18,20)/b6-4+,12-8+. The molecule has 0 atom stereocenters. The van der Waals surface area contributed by atoms with E-state index in [0.29, 0.717) is 18.7 Å². The maximum Gasteiger partial charge on any atom is 0.331 e. The lowest BCUT2D eigenvalue weighted by Gasteiger charge is -2.25. The summed E-state index contributed by atoms with van der Waals surface area (Å²) in [5.41, 5.74) is -0.0616. The highest BCUT2D eigenvalue weighted by Crippen LogP contribution is 2.12. The smallest absolute Gasteiger partial charge is 0.331 e. The van der Waals surface area contributed by atoms with Gasteiger partial charge in [0.05, 0.1) is 6.26 Å². The third-order valence-electron chi connectivity index (χ3n) is 2.99. The van der Waals surface area contributed by atoms with Gasteiger partial charge in [-0.1, -0.05) is 19.4 Å². The van der Waals surface area contributed by atoms with Crippen LogP contribution >= 0.6 is 0 Å². The summed E-state index contributed by atoms with van der Waals surface area (Å²) in [6, 6.07) is 2.82. The van der Waals surface area contributed by atoms with E-state index in [2.05, 4.69) is 5.32 Å². The fourth-order valence-corrected chi connectivity index (χ4v) is 1.86. The molecule has 0 unspecified atom stereocenters. The lowest BCUT2D eigenvalue weighted by molar-refractivity contribution is -0.130. The number of rotatable bonds is 5. The van der Waals surface area contributed by atoms with Crippen LogP contribution in [0.4, 0.5) is 4.79 Å². The van der Waals surface area contributed by atoms with E-state index in [1.165, 1.54) is 12.3 Å². The minimum Gasteiger partial charge on any atom is -0.465 e. The number of amides is 4. The maximum atomic E-state index is 12.2. The average Bonchev–Trinajstić information content (AvgIpc) is 2.95. The normalized spacial score (nSPS) is 17.9. The van der Waals surface area contributed by atoms with Gasteiger partial charge in [0, 0.05) is 6.54 Å². The Bertz CT molecular complexity index is 599. The summed E-state index contributed by atoms with van der Waals surface area (Å²) < 4.78 is 5.10. The molecule has 1 aliphatic rings. The van der Waals surface area contributed by atoms with Crippen LogP contribution in [0, 0.1) is 0 Å². The zero-order valence-corrected chi connectivity index (χ0v) is 11.7. The highest BCUT2D eigenvalue weighted by atomic mass is 16.3. The van der Waals surface area contributed by atoms with Crippen LogP contribution in [0.3, 0.4) is 0 Å². The molecule has 0 saturated carbocycles. The molecule has 2 heterocycles. The number of hydrogen-bond acceptors (Lipinski definition) is 4. The van der Waals surface area contributed by atoms with Crippen LogP contribution in [0.25, 0.3) is 6.08 Å².